The third-order valence-corrected chi connectivity index (χ3v) is 4.51. The van der Waals surface area contributed by atoms with Crippen LogP contribution in [0, 0.1) is 0 Å². The third kappa shape index (κ3) is 2.55. The van der Waals surface area contributed by atoms with Crippen LogP contribution in [0.5, 0.6) is 0 Å². The molecule has 0 heterocycles. The van der Waals surface area contributed by atoms with Gasteiger partial charge in [0.25, 0.3) is 0 Å². The molecule has 0 bridgehead atoms. The molecule has 3 rings (SSSR count). The van der Waals surface area contributed by atoms with Crippen molar-refractivity contribution in [1.82, 2.24) is 0 Å². The maximum absolute atomic E-state index is 13.6. The Morgan fingerprint density at radius 1 is 0.909 bits per heavy atom. The average Bonchev–Trinajstić information content (AvgIpc) is 2.44. The van der Waals surface area contributed by atoms with E-state index in [0.29, 0.717) is 5.39 Å². The lowest BCUT2D eigenvalue weighted by Crippen LogP contribution is -2.30. The fourth-order valence-corrected chi connectivity index (χ4v) is 2.84. The number of alkyl halides is 2. The normalized spacial score (nSPS) is 12.9. The lowest BCUT2D eigenvalue weighted by Gasteiger charge is -2.15. The van der Waals surface area contributed by atoms with Crippen LogP contribution >= 0.6 is 0 Å². The first-order valence-electron chi connectivity index (χ1n) is 6.53. The fourth-order valence-electron chi connectivity index (χ4n) is 2.50. The van der Waals surface area contributed by atoms with Crippen molar-refractivity contribution in [3.63, 3.8) is 0 Å². The molecule has 0 aliphatic heterocycles. The lowest BCUT2D eigenvalue weighted by atomic mass is 9.98. The van der Waals surface area contributed by atoms with Gasteiger partial charge in [0.1, 0.15) is 0 Å². The molecule has 0 fully saturated rings. The van der Waals surface area contributed by atoms with Crippen molar-refractivity contribution in [1.29, 1.82) is 0 Å². The number of halogens is 2. The summed E-state index contributed by atoms with van der Waals surface area (Å²) in [7, 11) is -5.45. The van der Waals surface area contributed by atoms with Gasteiger partial charge >= 0.3 is 15.4 Å². The van der Waals surface area contributed by atoms with Gasteiger partial charge in [-0.1, -0.05) is 42.5 Å². The van der Waals surface area contributed by atoms with E-state index in [1.54, 1.807) is 18.2 Å². The molecule has 1 N–H and O–H groups in total. The van der Waals surface area contributed by atoms with Crippen LogP contribution in [0.25, 0.3) is 21.5 Å². The summed E-state index contributed by atoms with van der Waals surface area (Å²) in [6.45, 7) is 0. The number of rotatable bonds is 3. The van der Waals surface area contributed by atoms with Gasteiger partial charge in [0.2, 0.25) is 0 Å². The summed E-state index contributed by atoms with van der Waals surface area (Å²) in [5, 5.41) is -1.09. The van der Waals surface area contributed by atoms with E-state index in [0.717, 1.165) is 16.2 Å². The maximum atomic E-state index is 13.6. The minimum Gasteiger partial charge on any atom is -0.281 e. The van der Waals surface area contributed by atoms with Gasteiger partial charge in [-0.05, 0) is 39.2 Å². The Bertz CT molecular complexity index is 965. The van der Waals surface area contributed by atoms with Crippen molar-refractivity contribution >= 4 is 31.7 Å². The zero-order valence-corrected chi connectivity index (χ0v) is 12.1. The van der Waals surface area contributed by atoms with Crippen LogP contribution in [0.15, 0.2) is 54.6 Å². The molecule has 0 saturated carbocycles. The van der Waals surface area contributed by atoms with Crippen molar-refractivity contribution in [2.45, 2.75) is 11.7 Å². The summed E-state index contributed by atoms with van der Waals surface area (Å²) in [6, 6.07) is 15.9. The van der Waals surface area contributed by atoms with Gasteiger partial charge in [-0.25, -0.2) is 0 Å². The summed E-state index contributed by atoms with van der Waals surface area (Å²) in [5.74, 6) is 0. The summed E-state index contributed by atoms with van der Waals surface area (Å²) in [6.07, 6.45) is -1.07. The van der Waals surface area contributed by atoms with Crippen LogP contribution < -0.4 is 0 Å². The Kier molecular flexibility index (Phi) is 3.38. The van der Waals surface area contributed by atoms with E-state index in [-0.39, 0.29) is 5.56 Å². The lowest BCUT2D eigenvalue weighted by molar-refractivity contribution is 0.0816. The van der Waals surface area contributed by atoms with Crippen molar-refractivity contribution < 1.29 is 21.8 Å². The van der Waals surface area contributed by atoms with Gasteiger partial charge in [0, 0.05) is 0 Å². The highest BCUT2D eigenvalue weighted by atomic mass is 32.2. The van der Waals surface area contributed by atoms with Crippen molar-refractivity contribution in [2.24, 2.45) is 0 Å². The van der Waals surface area contributed by atoms with Crippen molar-refractivity contribution in [3.05, 3.63) is 60.2 Å². The highest BCUT2D eigenvalue weighted by Crippen LogP contribution is 2.31. The second-order valence-electron chi connectivity index (χ2n) is 5.13. The molecule has 22 heavy (non-hydrogen) atoms. The number of fused-ring (bicyclic) bond motifs is 2. The van der Waals surface area contributed by atoms with E-state index in [4.69, 9.17) is 4.55 Å². The van der Waals surface area contributed by atoms with E-state index in [9.17, 15) is 17.2 Å². The summed E-state index contributed by atoms with van der Waals surface area (Å²) < 4.78 is 57.5. The summed E-state index contributed by atoms with van der Waals surface area (Å²) in [5.41, 5.74) is 0.172. The van der Waals surface area contributed by atoms with Gasteiger partial charge in [-0.15, -0.1) is 0 Å². The molecule has 0 saturated heterocycles. The van der Waals surface area contributed by atoms with Crippen LogP contribution in [0.1, 0.15) is 5.56 Å². The second-order valence-corrected chi connectivity index (χ2v) is 6.67. The molecule has 6 heteroatoms. The topological polar surface area (TPSA) is 54.4 Å². The Labute approximate surface area is 125 Å². The zero-order valence-electron chi connectivity index (χ0n) is 11.3. The van der Waals surface area contributed by atoms with Crippen LogP contribution in [0.2, 0.25) is 0 Å². The van der Waals surface area contributed by atoms with Crippen LogP contribution in [-0.4, -0.2) is 18.2 Å². The predicted molar refractivity (Wildman–Crippen MR) is 81.7 cm³/mol. The van der Waals surface area contributed by atoms with Crippen LogP contribution in [-0.2, 0) is 16.5 Å². The van der Waals surface area contributed by atoms with Crippen LogP contribution in [0.3, 0.4) is 0 Å². The van der Waals surface area contributed by atoms with E-state index in [2.05, 4.69) is 0 Å². The van der Waals surface area contributed by atoms with Crippen LogP contribution in [0.4, 0.5) is 8.78 Å². The molecule has 0 spiro atoms. The minimum absolute atomic E-state index is 0.172. The molecule has 0 aliphatic rings. The Morgan fingerprint density at radius 2 is 1.50 bits per heavy atom. The predicted octanol–water partition coefficient (Wildman–Crippen LogP) is 4.02. The largest absolute Gasteiger partial charge is 0.373 e. The number of hydrogen-bond acceptors (Lipinski definition) is 2. The fraction of sp³-hybridized carbons (Fsp3) is 0.125. The molecule has 3 aromatic carbocycles. The quantitative estimate of drug-likeness (QED) is 0.585. The summed E-state index contributed by atoms with van der Waals surface area (Å²) >= 11 is 0. The SMILES string of the molecule is O=S(=O)(O)C(F)(F)Cc1cccc2cc3ccccc3cc12. The molecule has 0 atom stereocenters. The van der Waals surface area contributed by atoms with E-state index in [1.807, 2.05) is 30.3 Å². The highest BCUT2D eigenvalue weighted by molar-refractivity contribution is 7.86. The standard InChI is InChI=1S/C16H12F2O3S/c17-16(18,22(19,20)21)10-14-7-3-6-13-8-11-4-1-2-5-12(11)9-15(13)14/h1-9H,10H2,(H,19,20,21). The molecule has 114 valence electrons. The van der Waals surface area contributed by atoms with Gasteiger partial charge in [-0.3, -0.25) is 4.55 Å². The van der Waals surface area contributed by atoms with Crippen molar-refractivity contribution in [3.8, 4) is 0 Å². The molecular formula is C16H12F2O3S. The van der Waals surface area contributed by atoms with Crippen molar-refractivity contribution in [2.75, 3.05) is 0 Å². The first-order valence-corrected chi connectivity index (χ1v) is 7.97. The van der Waals surface area contributed by atoms with Gasteiger partial charge < -0.3 is 0 Å². The average molecular weight is 322 g/mol. The highest BCUT2D eigenvalue weighted by Gasteiger charge is 2.44. The Hall–Kier alpha value is -2.05. The number of hydrogen-bond donors (Lipinski definition) is 1. The van der Waals surface area contributed by atoms with Gasteiger partial charge in [0.05, 0.1) is 6.42 Å². The zero-order chi connectivity index (χ0) is 16.0. The van der Waals surface area contributed by atoms with E-state index < -0.39 is 21.8 Å². The Morgan fingerprint density at radius 3 is 2.14 bits per heavy atom. The van der Waals surface area contributed by atoms with E-state index in [1.165, 1.54) is 6.07 Å². The molecule has 0 unspecified atom stereocenters. The maximum Gasteiger partial charge on any atom is 0.373 e. The first kappa shape index (κ1) is 14.9. The molecule has 0 aromatic heterocycles. The number of benzene rings is 3. The Balaban J connectivity index is 2.20. The monoisotopic (exact) mass is 322 g/mol. The molecule has 3 aromatic rings. The smallest absolute Gasteiger partial charge is 0.281 e. The molecule has 0 aliphatic carbocycles. The van der Waals surface area contributed by atoms with Gasteiger partial charge in [0.15, 0.2) is 0 Å². The molecule has 0 radical (unpaired) electrons. The van der Waals surface area contributed by atoms with Gasteiger partial charge in [-0.2, -0.15) is 17.2 Å². The third-order valence-electron chi connectivity index (χ3n) is 3.61. The first-order chi connectivity index (χ1) is 10.3. The van der Waals surface area contributed by atoms with E-state index >= 15 is 0 Å². The molecule has 0 amide bonds. The molecular weight excluding hydrogens is 310 g/mol. The minimum atomic E-state index is -5.45. The second kappa shape index (κ2) is 5.00. The summed E-state index contributed by atoms with van der Waals surface area (Å²) in [4.78, 5) is 0. The molecule has 3 nitrogen and oxygen atoms in total.